The Labute approximate surface area is 119 Å². The monoisotopic (exact) mass is 267 g/mol. The summed E-state index contributed by atoms with van der Waals surface area (Å²) >= 11 is 0. The summed E-state index contributed by atoms with van der Waals surface area (Å²) in [6, 6.07) is 0.715. The fourth-order valence-electron chi connectivity index (χ4n) is 3.06. The summed E-state index contributed by atoms with van der Waals surface area (Å²) in [5, 5.41) is 3.56. The molecule has 1 aliphatic heterocycles. The summed E-state index contributed by atoms with van der Waals surface area (Å²) in [6.45, 7) is 15.8. The van der Waals surface area contributed by atoms with Crippen LogP contribution in [0.2, 0.25) is 0 Å². The molecule has 2 aliphatic rings. The molecule has 0 amide bonds. The lowest BCUT2D eigenvalue weighted by Crippen LogP contribution is -2.52. The van der Waals surface area contributed by atoms with E-state index in [1.807, 2.05) is 0 Å². The first kappa shape index (κ1) is 15.3. The largest absolute Gasteiger partial charge is 0.316 e. The van der Waals surface area contributed by atoms with Crippen molar-refractivity contribution in [3.05, 3.63) is 0 Å². The summed E-state index contributed by atoms with van der Waals surface area (Å²) < 4.78 is 0. The molecule has 0 aromatic rings. The molecule has 0 bridgehead atoms. The zero-order valence-electron chi connectivity index (χ0n) is 13.2. The third-order valence-corrected chi connectivity index (χ3v) is 4.91. The van der Waals surface area contributed by atoms with Gasteiger partial charge in [0.15, 0.2) is 0 Å². The Kier molecular flexibility index (Phi) is 6.11. The molecule has 1 heterocycles. The van der Waals surface area contributed by atoms with Gasteiger partial charge in [0.1, 0.15) is 0 Å². The van der Waals surface area contributed by atoms with Crippen LogP contribution in [-0.2, 0) is 0 Å². The van der Waals surface area contributed by atoms with Crippen LogP contribution >= 0.6 is 0 Å². The van der Waals surface area contributed by atoms with Gasteiger partial charge >= 0.3 is 0 Å². The van der Waals surface area contributed by atoms with Gasteiger partial charge in [0.05, 0.1) is 0 Å². The van der Waals surface area contributed by atoms with Crippen molar-refractivity contribution in [1.82, 2.24) is 15.1 Å². The highest BCUT2D eigenvalue weighted by Gasteiger charge is 2.28. The molecule has 3 heteroatoms. The lowest BCUT2D eigenvalue weighted by Gasteiger charge is -2.40. The van der Waals surface area contributed by atoms with Gasteiger partial charge in [-0.05, 0) is 51.1 Å². The fraction of sp³-hybridized carbons (Fsp3) is 1.00. The molecule has 0 aromatic heterocycles. The van der Waals surface area contributed by atoms with Crippen molar-refractivity contribution in [2.24, 2.45) is 11.8 Å². The van der Waals surface area contributed by atoms with Gasteiger partial charge in [-0.15, -0.1) is 0 Å². The summed E-state index contributed by atoms with van der Waals surface area (Å²) in [5.41, 5.74) is 0. The average Bonchev–Trinajstić information content (AvgIpc) is 3.23. The minimum absolute atomic E-state index is 0.715. The predicted octanol–water partition coefficient (Wildman–Crippen LogP) is 2.04. The molecule has 1 saturated heterocycles. The maximum atomic E-state index is 3.56. The predicted molar refractivity (Wildman–Crippen MR) is 82.5 cm³/mol. The molecule has 0 aromatic carbocycles. The smallest absolute Gasteiger partial charge is 0.0113 e. The zero-order chi connectivity index (χ0) is 13.7. The van der Waals surface area contributed by atoms with Crippen LogP contribution < -0.4 is 5.32 Å². The van der Waals surface area contributed by atoms with E-state index in [1.165, 1.54) is 52.0 Å². The van der Waals surface area contributed by atoms with Crippen LogP contribution in [-0.4, -0.2) is 61.7 Å². The van der Waals surface area contributed by atoms with E-state index in [0.29, 0.717) is 6.04 Å². The number of piperazine rings is 1. The van der Waals surface area contributed by atoms with Crippen molar-refractivity contribution >= 4 is 0 Å². The van der Waals surface area contributed by atoms with Gasteiger partial charge < -0.3 is 10.2 Å². The Morgan fingerprint density at radius 1 is 1.11 bits per heavy atom. The van der Waals surface area contributed by atoms with Crippen LogP contribution in [0.3, 0.4) is 0 Å². The van der Waals surface area contributed by atoms with E-state index in [-0.39, 0.29) is 0 Å². The van der Waals surface area contributed by atoms with Gasteiger partial charge in [-0.3, -0.25) is 4.90 Å². The van der Waals surface area contributed by atoms with Crippen molar-refractivity contribution in [1.29, 1.82) is 0 Å². The number of nitrogens with zero attached hydrogens (tertiary/aromatic N) is 2. The van der Waals surface area contributed by atoms with E-state index >= 15 is 0 Å². The quantitative estimate of drug-likeness (QED) is 0.679. The van der Waals surface area contributed by atoms with Crippen LogP contribution in [0.5, 0.6) is 0 Å². The molecule has 2 atom stereocenters. The van der Waals surface area contributed by atoms with Crippen molar-refractivity contribution in [3.8, 4) is 0 Å². The van der Waals surface area contributed by atoms with Crippen molar-refractivity contribution < 1.29 is 0 Å². The lowest BCUT2D eigenvalue weighted by atomic mass is 10.0. The van der Waals surface area contributed by atoms with Gasteiger partial charge in [0, 0.05) is 38.8 Å². The first-order valence-electron chi connectivity index (χ1n) is 8.37. The molecular formula is C16H33N3. The molecule has 1 N–H and O–H groups in total. The maximum Gasteiger partial charge on any atom is 0.0113 e. The lowest BCUT2D eigenvalue weighted by molar-refractivity contribution is 0.0782. The fourth-order valence-corrected chi connectivity index (χ4v) is 3.06. The first-order valence-corrected chi connectivity index (χ1v) is 8.37. The van der Waals surface area contributed by atoms with E-state index in [1.54, 1.807) is 0 Å². The second-order valence-electron chi connectivity index (χ2n) is 6.70. The molecule has 0 radical (unpaired) electrons. The standard InChI is InChI=1S/C16H33N3/c1-4-7-17-12-14(2)15(3)19-10-8-18(9-11-19)13-16-5-6-16/h14-17H,4-13H2,1-3H3. The highest BCUT2D eigenvalue weighted by Crippen LogP contribution is 2.30. The topological polar surface area (TPSA) is 18.5 Å². The van der Waals surface area contributed by atoms with Crippen molar-refractivity contribution in [2.75, 3.05) is 45.8 Å². The Hall–Kier alpha value is -0.120. The van der Waals surface area contributed by atoms with E-state index < -0.39 is 0 Å². The third kappa shape index (κ3) is 5.05. The van der Waals surface area contributed by atoms with Crippen LogP contribution in [0, 0.1) is 11.8 Å². The first-order chi connectivity index (χ1) is 9.20. The molecule has 112 valence electrons. The Balaban J connectivity index is 1.64. The van der Waals surface area contributed by atoms with Gasteiger partial charge in [-0.2, -0.15) is 0 Å². The molecule has 1 aliphatic carbocycles. The number of hydrogen-bond acceptors (Lipinski definition) is 3. The molecule has 3 nitrogen and oxygen atoms in total. The second kappa shape index (κ2) is 7.61. The van der Waals surface area contributed by atoms with Crippen LogP contribution in [0.1, 0.15) is 40.0 Å². The summed E-state index contributed by atoms with van der Waals surface area (Å²) in [7, 11) is 0. The normalized spacial score (nSPS) is 25.4. The van der Waals surface area contributed by atoms with Gasteiger partial charge in [0.25, 0.3) is 0 Å². The molecule has 19 heavy (non-hydrogen) atoms. The van der Waals surface area contributed by atoms with E-state index in [9.17, 15) is 0 Å². The van der Waals surface area contributed by atoms with Crippen molar-refractivity contribution in [2.45, 2.75) is 46.1 Å². The SMILES string of the molecule is CCCNCC(C)C(C)N1CCN(CC2CC2)CC1. The van der Waals surface area contributed by atoms with Crippen LogP contribution in [0.4, 0.5) is 0 Å². The van der Waals surface area contributed by atoms with Crippen LogP contribution in [0.25, 0.3) is 0 Å². The minimum atomic E-state index is 0.715. The molecule has 2 rings (SSSR count). The average molecular weight is 267 g/mol. The third-order valence-electron chi connectivity index (χ3n) is 4.91. The van der Waals surface area contributed by atoms with Crippen molar-refractivity contribution in [3.63, 3.8) is 0 Å². The number of nitrogens with one attached hydrogen (secondary N) is 1. The summed E-state index contributed by atoms with van der Waals surface area (Å²) in [6.07, 6.45) is 4.20. The number of hydrogen-bond donors (Lipinski definition) is 1. The molecule has 0 spiro atoms. The highest BCUT2D eigenvalue weighted by atomic mass is 15.3. The van der Waals surface area contributed by atoms with Crippen LogP contribution in [0.15, 0.2) is 0 Å². The molecule has 2 fully saturated rings. The molecular weight excluding hydrogens is 234 g/mol. The van der Waals surface area contributed by atoms with Gasteiger partial charge in [-0.1, -0.05) is 13.8 Å². The summed E-state index contributed by atoms with van der Waals surface area (Å²) in [4.78, 5) is 5.38. The Morgan fingerprint density at radius 3 is 2.37 bits per heavy atom. The maximum absolute atomic E-state index is 3.56. The zero-order valence-corrected chi connectivity index (χ0v) is 13.2. The second-order valence-corrected chi connectivity index (χ2v) is 6.70. The van der Waals surface area contributed by atoms with E-state index in [0.717, 1.165) is 24.9 Å². The number of rotatable bonds is 8. The van der Waals surface area contributed by atoms with E-state index in [2.05, 4.69) is 35.9 Å². The van der Waals surface area contributed by atoms with E-state index in [4.69, 9.17) is 0 Å². The van der Waals surface area contributed by atoms with Gasteiger partial charge in [0.2, 0.25) is 0 Å². The Bertz CT molecular complexity index is 244. The summed E-state index contributed by atoms with van der Waals surface area (Å²) in [5.74, 6) is 1.79. The van der Waals surface area contributed by atoms with Gasteiger partial charge in [-0.25, -0.2) is 0 Å². The minimum Gasteiger partial charge on any atom is -0.316 e. The molecule has 1 saturated carbocycles. The molecule has 2 unspecified atom stereocenters. The Morgan fingerprint density at radius 2 is 1.79 bits per heavy atom. The highest BCUT2D eigenvalue weighted by molar-refractivity contribution is 4.83.